The molecule has 1 aliphatic heterocycles. The fourth-order valence-electron chi connectivity index (χ4n) is 3.43. The van der Waals surface area contributed by atoms with Gasteiger partial charge in [-0.1, -0.05) is 58.7 Å². The zero-order chi connectivity index (χ0) is 17.7. The van der Waals surface area contributed by atoms with E-state index in [0.29, 0.717) is 12.8 Å². The predicted molar refractivity (Wildman–Crippen MR) is 105 cm³/mol. The van der Waals surface area contributed by atoms with E-state index in [1.807, 2.05) is 49.1 Å². The standard InChI is InChI=1S/C16H18N2O3S.C2H6.CH4/c1-21-15(20)17-13(19)16(10-6-3-7-11-16)18(14(17)22)12-8-4-2-5-9-12;1-2;/h2,4-5,8-9H,3,6-7,10-11H2,1H3;1-2H3;1H4. The van der Waals surface area contributed by atoms with E-state index in [-0.39, 0.29) is 18.4 Å². The van der Waals surface area contributed by atoms with Gasteiger partial charge in [-0.05, 0) is 37.2 Å². The highest BCUT2D eigenvalue weighted by Crippen LogP contribution is 2.43. The van der Waals surface area contributed by atoms with E-state index < -0.39 is 11.6 Å². The SMILES string of the molecule is C.CC.COC(=O)N1C(=O)C2(CCCCC2)N(c2ccccc2)C1=S. The minimum Gasteiger partial charge on any atom is -0.452 e. The monoisotopic (exact) mass is 364 g/mol. The third-order valence-corrected chi connectivity index (χ3v) is 4.83. The van der Waals surface area contributed by atoms with Crippen molar-refractivity contribution in [2.24, 2.45) is 0 Å². The molecule has 6 heteroatoms. The lowest BCUT2D eigenvalue weighted by Crippen LogP contribution is -2.51. The molecule has 0 N–H and O–H groups in total. The lowest BCUT2D eigenvalue weighted by molar-refractivity contribution is -0.130. The lowest BCUT2D eigenvalue weighted by atomic mass is 9.80. The summed E-state index contributed by atoms with van der Waals surface area (Å²) in [4.78, 5) is 27.8. The molecule has 0 radical (unpaired) electrons. The molecule has 2 amide bonds. The number of imide groups is 1. The van der Waals surface area contributed by atoms with Crippen LogP contribution in [0.2, 0.25) is 0 Å². The van der Waals surface area contributed by atoms with E-state index >= 15 is 0 Å². The molecule has 0 atom stereocenters. The van der Waals surface area contributed by atoms with Crippen LogP contribution in [0.15, 0.2) is 30.3 Å². The van der Waals surface area contributed by atoms with Gasteiger partial charge in [0, 0.05) is 5.69 Å². The topological polar surface area (TPSA) is 49.9 Å². The van der Waals surface area contributed by atoms with Gasteiger partial charge < -0.3 is 9.64 Å². The Hall–Kier alpha value is -1.95. The van der Waals surface area contributed by atoms with Gasteiger partial charge in [0.25, 0.3) is 5.91 Å². The molecule has 1 spiro atoms. The number of hydrogen-bond acceptors (Lipinski definition) is 4. The van der Waals surface area contributed by atoms with E-state index in [4.69, 9.17) is 17.0 Å². The minimum absolute atomic E-state index is 0. The van der Waals surface area contributed by atoms with Crippen LogP contribution in [0, 0.1) is 0 Å². The van der Waals surface area contributed by atoms with Gasteiger partial charge in [0.05, 0.1) is 7.11 Å². The molecule has 1 aliphatic carbocycles. The largest absolute Gasteiger partial charge is 0.452 e. The average molecular weight is 365 g/mol. The highest BCUT2D eigenvalue weighted by molar-refractivity contribution is 7.80. The van der Waals surface area contributed by atoms with E-state index in [1.54, 1.807) is 0 Å². The van der Waals surface area contributed by atoms with E-state index in [1.165, 1.54) is 7.11 Å². The summed E-state index contributed by atoms with van der Waals surface area (Å²) in [5, 5.41) is 0.213. The van der Waals surface area contributed by atoms with Crippen molar-refractivity contribution in [1.29, 1.82) is 0 Å². The molecule has 2 aliphatic rings. The third-order valence-electron chi connectivity index (χ3n) is 4.46. The Balaban J connectivity index is 0.00000101. The van der Waals surface area contributed by atoms with Crippen LogP contribution in [0.1, 0.15) is 53.4 Å². The molecule has 0 bridgehead atoms. The second kappa shape index (κ2) is 8.94. The Morgan fingerprint density at radius 2 is 1.68 bits per heavy atom. The number of hydrogen-bond donors (Lipinski definition) is 0. The van der Waals surface area contributed by atoms with Gasteiger partial charge in [-0.15, -0.1) is 0 Å². The van der Waals surface area contributed by atoms with Gasteiger partial charge in [-0.3, -0.25) is 4.79 Å². The highest BCUT2D eigenvalue weighted by atomic mass is 32.1. The van der Waals surface area contributed by atoms with Crippen molar-refractivity contribution in [2.75, 3.05) is 12.0 Å². The quantitative estimate of drug-likeness (QED) is 0.673. The number of rotatable bonds is 1. The number of thiocarbonyl (C=S) groups is 1. The summed E-state index contributed by atoms with van der Waals surface area (Å²) in [7, 11) is 1.26. The molecular weight excluding hydrogens is 336 g/mol. The van der Waals surface area contributed by atoms with Crippen LogP contribution in [-0.4, -0.2) is 34.7 Å². The molecule has 138 valence electrons. The molecule has 5 nitrogen and oxygen atoms in total. The van der Waals surface area contributed by atoms with Crippen LogP contribution >= 0.6 is 12.2 Å². The number of carbonyl (C=O) groups is 2. The van der Waals surface area contributed by atoms with Crippen LogP contribution in [0.4, 0.5) is 10.5 Å². The van der Waals surface area contributed by atoms with E-state index in [2.05, 4.69) is 0 Å². The van der Waals surface area contributed by atoms with Crippen molar-refractivity contribution in [1.82, 2.24) is 4.90 Å². The van der Waals surface area contributed by atoms with Gasteiger partial charge in [-0.2, -0.15) is 4.90 Å². The van der Waals surface area contributed by atoms with Gasteiger partial charge in [0.2, 0.25) is 0 Å². The fraction of sp³-hybridized carbons (Fsp3) is 0.526. The normalized spacial score (nSPS) is 18.4. The van der Waals surface area contributed by atoms with Crippen LogP contribution in [-0.2, 0) is 9.53 Å². The Morgan fingerprint density at radius 3 is 2.20 bits per heavy atom. The van der Waals surface area contributed by atoms with Gasteiger partial charge >= 0.3 is 6.09 Å². The number of methoxy groups -OCH3 is 1. The Labute approximate surface area is 155 Å². The van der Waals surface area contributed by atoms with Crippen LogP contribution in [0.5, 0.6) is 0 Å². The maximum atomic E-state index is 13.0. The zero-order valence-electron chi connectivity index (χ0n) is 14.4. The molecule has 2 fully saturated rings. The summed E-state index contributed by atoms with van der Waals surface area (Å²) in [5.74, 6) is -0.257. The molecule has 1 heterocycles. The first-order chi connectivity index (χ1) is 11.6. The van der Waals surface area contributed by atoms with Crippen molar-refractivity contribution >= 4 is 35.0 Å². The fourth-order valence-corrected chi connectivity index (χ4v) is 3.87. The number of carbonyl (C=O) groups excluding carboxylic acids is 2. The maximum Gasteiger partial charge on any atom is 0.422 e. The maximum absolute atomic E-state index is 13.0. The lowest BCUT2D eigenvalue weighted by Gasteiger charge is -2.39. The first-order valence-corrected chi connectivity index (χ1v) is 8.84. The molecule has 0 aromatic heterocycles. The summed E-state index contributed by atoms with van der Waals surface area (Å²) >= 11 is 5.45. The molecule has 3 rings (SSSR count). The molecule has 1 saturated carbocycles. The van der Waals surface area contributed by atoms with Gasteiger partial charge in [0.15, 0.2) is 5.11 Å². The second-order valence-corrected chi connectivity index (χ2v) is 6.02. The number of ether oxygens (including phenoxy) is 1. The summed E-state index contributed by atoms with van der Waals surface area (Å²) in [6.07, 6.45) is 3.70. The first-order valence-electron chi connectivity index (χ1n) is 8.43. The van der Waals surface area contributed by atoms with Crippen LogP contribution < -0.4 is 4.90 Å². The number of anilines is 1. The zero-order valence-corrected chi connectivity index (χ0v) is 15.3. The van der Waals surface area contributed by atoms with Gasteiger partial charge in [-0.25, -0.2) is 4.79 Å². The molecule has 0 unspecified atom stereocenters. The molecular formula is C19H28N2O3S. The molecule has 25 heavy (non-hydrogen) atoms. The van der Waals surface area contributed by atoms with Crippen molar-refractivity contribution in [3.05, 3.63) is 30.3 Å². The summed E-state index contributed by atoms with van der Waals surface area (Å²) < 4.78 is 4.75. The smallest absolute Gasteiger partial charge is 0.422 e. The second-order valence-electron chi connectivity index (χ2n) is 5.66. The molecule has 1 aromatic carbocycles. The average Bonchev–Trinajstić information content (AvgIpc) is 2.84. The molecule has 1 aromatic rings. The number of para-hydroxylation sites is 1. The van der Waals surface area contributed by atoms with Crippen LogP contribution in [0.25, 0.3) is 0 Å². The number of amides is 2. The van der Waals surface area contributed by atoms with Crippen molar-refractivity contribution in [2.45, 2.75) is 58.9 Å². The Bertz CT molecular complexity index is 612. The minimum atomic E-state index is -0.745. The predicted octanol–water partition coefficient (Wildman–Crippen LogP) is 4.75. The van der Waals surface area contributed by atoms with Crippen LogP contribution in [0.3, 0.4) is 0 Å². The van der Waals surface area contributed by atoms with Crippen molar-refractivity contribution in [3.63, 3.8) is 0 Å². The van der Waals surface area contributed by atoms with Crippen molar-refractivity contribution in [3.8, 4) is 0 Å². The van der Waals surface area contributed by atoms with Gasteiger partial charge in [0.1, 0.15) is 5.54 Å². The van der Waals surface area contributed by atoms with Crippen molar-refractivity contribution < 1.29 is 14.3 Å². The Kier molecular flexibility index (Phi) is 7.55. The summed E-state index contributed by atoms with van der Waals surface area (Å²) in [6, 6.07) is 9.54. The third kappa shape index (κ3) is 3.54. The number of nitrogens with zero attached hydrogens (tertiary/aromatic N) is 2. The summed E-state index contributed by atoms with van der Waals surface area (Å²) in [6.45, 7) is 4.00. The first kappa shape index (κ1) is 21.1. The Morgan fingerprint density at radius 1 is 1.12 bits per heavy atom. The highest BCUT2D eigenvalue weighted by Gasteiger charge is 2.58. The molecule has 1 saturated heterocycles. The van der Waals surface area contributed by atoms with E-state index in [0.717, 1.165) is 29.8 Å². The van der Waals surface area contributed by atoms with E-state index in [9.17, 15) is 9.59 Å². The number of benzene rings is 1. The summed E-state index contributed by atoms with van der Waals surface area (Å²) in [5.41, 5.74) is 0.0966.